The van der Waals surface area contributed by atoms with Crippen LogP contribution in [0.4, 0.5) is 0 Å². The van der Waals surface area contributed by atoms with Crippen molar-refractivity contribution in [3.63, 3.8) is 0 Å². The molecular formula is C12H10Cl2O2. The maximum absolute atomic E-state index is 9.95. The first-order chi connectivity index (χ1) is 7.66. The van der Waals surface area contributed by atoms with Crippen molar-refractivity contribution in [2.75, 3.05) is 0 Å². The molecule has 2 nitrogen and oxygen atoms in total. The highest BCUT2D eigenvalue weighted by atomic mass is 35.5. The largest absolute Gasteiger partial charge is 0.453 e. The van der Waals surface area contributed by atoms with Crippen LogP contribution >= 0.6 is 23.2 Å². The van der Waals surface area contributed by atoms with Crippen molar-refractivity contribution in [2.45, 2.75) is 12.5 Å². The quantitative estimate of drug-likeness (QED) is 0.905. The minimum atomic E-state index is -0.676. The maximum atomic E-state index is 9.95. The average Bonchev–Trinajstić information content (AvgIpc) is 2.64. The molecule has 0 amide bonds. The summed E-state index contributed by atoms with van der Waals surface area (Å²) in [5, 5.41) is 10.8. The van der Waals surface area contributed by atoms with Gasteiger partial charge in [0.1, 0.15) is 0 Å². The van der Waals surface area contributed by atoms with Crippen LogP contribution in [0, 0.1) is 0 Å². The van der Waals surface area contributed by atoms with Gasteiger partial charge < -0.3 is 9.52 Å². The second-order valence-electron chi connectivity index (χ2n) is 3.50. The average molecular weight is 257 g/mol. The number of hydrogen-bond acceptors (Lipinski definition) is 2. The third-order valence-electron chi connectivity index (χ3n) is 2.32. The summed E-state index contributed by atoms with van der Waals surface area (Å²) in [6, 6.07) is 9.03. The van der Waals surface area contributed by atoms with E-state index >= 15 is 0 Å². The van der Waals surface area contributed by atoms with Crippen molar-refractivity contribution in [1.82, 2.24) is 0 Å². The van der Waals surface area contributed by atoms with E-state index in [1.54, 1.807) is 12.1 Å². The Morgan fingerprint density at radius 1 is 1.25 bits per heavy atom. The Bertz CT molecular complexity index is 479. The van der Waals surface area contributed by atoms with Crippen LogP contribution in [0.1, 0.15) is 17.2 Å². The van der Waals surface area contributed by atoms with Gasteiger partial charge in [-0.3, -0.25) is 0 Å². The highest BCUT2D eigenvalue weighted by molar-refractivity contribution is 6.30. The molecule has 0 saturated carbocycles. The molecule has 0 fully saturated rings. The standard InChI is InChI=1S/C12H10Cl2O2/c13-9-3-1-2-8(6-9)7-11(15)10-4-5-16-12(10)14/h1-6,11,15H,7H2. The molecule has 4 heteroatoms. The monoisotopic (exact) mass is 256 g/mol. The third kappa shape index (κ3) is 2.59. The fourth-order valence-corrected chi connectivity index (χ4v) is 1.99. The highest BCUT2D eigenvalue weighted by Crippen LogP contribution is 2.27. The van der Waals surface area contributed by atoms with E-state index in [-0.39, 0.29) is 5.22 Å². The number of aliphatic hydroxyl groups is 1. The lowest BCUT2D eigenvalue weighted by Crippen LogP contribution is -2.00. The summed E-state index contributed by atoms with van der Waals surface area (Å²) >= 11 is 11.6. The van der Waals surface area contributed by atoms with Gasteiger partial charge in [-0.15, -0.1) is 0 Å². The van der Waals surface area contributed by atoms with E-state index in [1.165, 1.54) is 6.26 Å². The summed E-state index contributed by atoms with van der Waals surface area (Å²) in [6.07, 6.45) is 1.24. The smallest absolute Gasteiger partial charge is 0.198 e. The molecule has 0 radical (unpaired) electrons. The van der Waals surface area contributed by atoms with Gasteiger partial charge in [0, 0.05) is 17.0 Å². The van der Waals surface area contributed by atoms with Crippen molar-refractivity contribution < 1.29 is 9.52 Å². The van der Waals surface area contributed by atoms with Crippen LogP contribution < -0.4 is 0 Å². The molecule has 0 aliphatic rings. The van der Waals surface area contributed by atoms with Crippen molar-refractivity contribution in [2.24, 2.45) is 0 Å². The zero-order valence-corrected chi connectivity index (χ0v) is 9.87. The predicted molar refractivity (Wildman–Crippen MR) is 63.8 cm³/mol. The molecule has 1 aromatic carbocycles. The van der Waals surface area contributed by atoms with E-state index in [1.807, 2.05) is 18.2 Å². The number of halogens is 2. The molecule has 2 aromatic rings. The minimum absolute atomic E-state index is 0.231. The first-order valence-corrected chi connectivity index (χ1v) is 5.58. The van der Waals surface area contributed by atoms with Gasteiger partial charge in [-0.05, 0) is 35.4 Å². The summed E-state index contributed by atoms with van der Waals surface area (Å²) in [4.78, 5) is 0. The fourth-order valence-electron chi connectivity index (χ4n) is 1.54. The first kappa shape index (κ1) is 11.5. The van der Waals surface area contributed by atoms with Gasteiger partial charge in [-0.25, -0.2) is 0 Å². The topological polar surface area (TPSA) is 33.4 Å². The number of aliphatic hydroxyl groups excluding tert-OH is 1. The van der Waals surface area contributed by atoms with Crippen LogP contribution in [0.15, 0.2) is 41.0 Å². The van der Waals surface area contributed by atoms with Crippen molar-refractivity contribution >= 4 is 23.2 Å². The highest BCUT2D eigenvalue weighted by Gasteiger charge is 2.14. The number of furan rings is 1. The zero-order valence-electron chi connectivity index (χ0n) is 8.36. The number of hydrogen-bond donors (Lipinski definition) is 1. The summed E-state index contributed by atoms with van der Waals surface area (Å²) in [7, 11) is 0. The molecule has 1 heterocycles. The van der Waals surface area contributed by atoms with Crippen LogP contribution in [0.5, 0.6) is 0 Å². The lowest BCUT2D eigenvalue weighted by molar-refractivity contribution is 0.177. The Balaban J connectivity index is 2.14. The Morgan fingerprint density at radius 3 is 2.69 bits per heavy atom. The van der Waals surface area contributed by atoms with Gasteiger partial charge in [0.15, 0.2) is 5.22 Å². The van der Waals surface area contributed by atoms with E-state index in [0.29, 0.717) is 17.0 Å². The molecular weight excluding hydrogens is 247 g/mol. The predicted octanol–water partition coefficient (Wildman–Crippen LogP) is 3.86. The van der Waals surface area contributed by atoms with Gasteiger partial charge >= 0.3 is 0 Å². The molecule has 0 aliphatic heterocycles. The Hall–Kier alpha value is -0.960. The van der Waals surface area contributed by atoms with E-state index in [4.69, 9.17) is 27.6 Å². The van der Waals surface area contributed by atoms with Gasteiger partial charge in [-0.1, -0.05) is 23.7 Å². The maximum Gasteiger partial charge on any atom is 0.198 e. The van der Waals surface area contributed by atoms with Crippen LogP contribution in [0.3, 0.4) is 0 Å². The van der Waals surface area contributed by atoms with E-state index in [0.717, 1.165) is 5.56 Å². The van der Waals surface area contributed by atoms with Gasteiger partial charge in [-0.2, -0.15) is 0 Å². The summed E-state index contributed by atoms with van der Waals surface area (Å²) in [5.41, 5.74) is 1.55. The summed E-state index contributed by atoms with van der Waals surface area (Å²) in [6.45, 7) is 0. The lowest BCUT2D eigenvalue weighted by Gasteiger charge is -2.09. The van der Waals surface area contributed by atoms with E-state index in [9.17, 15) is 5.11 Å². The fraction of sp³-hybridized carbons (Fsp3) is 0.167. The number of benzene rings is 1. The Kier molecular flexibility index (Phi) is 3.54. The molecule has 1 atom stereocenters. The van der Waals surface area contributed by atoms with Crippen LogP contribution in [0.25, 0.3) is 0 Å². The van der Waals surface area contributed by atoms with Crippen LogP contribution in [-0.4, -0.2) is 5.11 Å². The molecule has 84 valence electrons. The van der Waals surface area contributed by atoms with E-state index in [2.05, 4.69) is 0 Å². The molecule has 16 heavy (non-hydrogen) atoms. The van der Waals surface area contributed by atoms with E-state index < -0.39 is 6.10 Å². The summed E-state index contributed by atoms with van der Waals surface area (Å²) < 4.78 is 4.93. The molecule has 1 N–H and O–H groups in total. The Morgan fingerprint density at radius 2 is 2.06 bits per heavy atom. The van der Waals surface area contributed by atoms with Gasteiger partial charge in [0.25, 0.3) is 0 Å². The second kappa shape index (κ2) is 4.91. The normalized spacial score (nSPS) is 12.7. The van der Waals surface area contributed by atoms with Crippen molar-refractivity contribution in [1.29, 1.82) is 0 Å². The van der Waals surface area contributed by atoms with Gasteiger partial charge in [0.05, 0.1) is 12.4 Å². The third-order valence-corrected chi connectivity index (χ3v) is 2.87. The molecule has 0 aliphatic carbocycles. The Labute approximate surface area is 103 Å². The lowest BCUT2D eigenvalue weighted by atomic mass is 10.0. The SMILES string of the molecule is OC(Cc1cccc(Cl)c1)c1ccoc1Cl. The second-order valence-corrected chi connectivity index (χ2v) is 4.28. The van der Waals surface area contributed by atoms with Crippen molar-refractivity contribution in [3.8, 4) is 0 Å². The minimum Gasteiger partial charge on any atom is -0.453 e. The van der Waals surface area contributed by atoms with Crippen LogP contribution in [-0.2, 0) is 6.42 Å². The molecule has 0 bridgehead atoms. The summed E-state index contributed by atoms with van der Waals surface area (Å²) in [5.74, 6) is 0. The molecule has 2 rings (SSSR count). The molecule has 0 spiro atoms. The van der Waals surface area contributed by atoms with Crippen LogP contribution in [0.2, 0.25) is 10.2 Å². The van der Waals surface area contributed by atoms with Crippen molar-refractivity contribution in [3.05, 3.63) is 58.0 Å². The first-order valence-electron chi connectivity index (χ1n) is 4.82. The molecule has 1 aromatic heterocycles. The molecule has 1 unspecified atom stereocenters. The zero-order chi connectivity index (χ0) is 11.5. The number of rotatable bonds is 3. The van der Waals surface area contributed by atoms with Gasteiger partial charge in [0.2, 0.25) is 0 Å². The molecule has 0 saturated heterocycles.